The van der Waals surface area contributed by atoms with E-state index in [9.17, 15) is 9.59 Å². The van der Waals surface area contributed by atoms with Crippen LogP contribution in [0.3, 0.4) is 0 Å². The van der Waals surface area contributed by atoms with E-state index in [0.29, 0.717) is 20.8 Å². The average Bonchev–Trinajstić information content (AvgIpc) is 2.35. The Morgan fingerprint density at radius 2 is 2.06 bits per heavy atom. The number of halogens is 2. The molecular weight excluding hydrogens is 372 g/mol. The summed E-state index contributed by atoms with van der Waals surface area (Å²) in [6.45, 7) is 1.40. The topological polar surface area (TPSA) is 72.8 Å². The third-order valence-electron chi connectivity index (χ3n) is 2.15. The van der Waals surface area contributed by atoms with Gasteiger partial charge in [-0.15, -0.1) is 0 Å². The van der Waals surface area contributed by atoms with Gasteiger partial charge in [-0.3, -0.25) is 4.79 Å². The number of aldehydes is 1. The van der Waals surface area contributed by atoms with Crippen molar-refractivity contribution in [2.75, 3.05) is 7.11 Å². The van der Waals surface area contributed by atoms with Gasteiger partial charge in [-0.1, -0.05) is 0 Å². The number of methoxy groups -OCH3 is 1. The smallest absolute Gasteiger partial charge is 0.344 e. The first kappa shape index (κ1) is 15.0. The fourth-order valence-corrected chi connectivity index (χ4v) is 2.08. The van der Waals surface area contributed by atoms with E-state index in [1.165, 1.54) is 20.1 Å². The van der Waals surface area contributed by atoms with Crippen LogP contribution in [0.1, 0.15) is 17.3 Å². The Bertz CT molecular complexity index is 487. The zero-order chi connectivity index (χ0) is 13.9. The molecule has 7 heteroatoms. The van der Waals surface area contributed by atoms with Gasteiger partial charge >= 0.3 is 5.97 Å². The Kier molecular flexibility index (Phi) is 5.15. The van der Waals surface area contributed by atoms with E-state index in [2.05, 4.69) is 31.9 Å². The number of carboxylic acids is 1. The minimum atomic E-state index is -1.10. The Labute approximate surface area is 120 Å². The lowest BCUT2D eigenvalue weighted by Gasteiger charge is -2.17. The molecule has 5 nitrogen and oxygen atoms in total. The maximum atomic E-state index is 10.8. The molecule has 1 rings (SSSR count). The molecule has 0 saturated carbocycles. The number of aliphatic carboxylic acids is 1. The van der Waals surface area contributed by atoms with Crippen LogP contribution in [0, 0.1) is 0 Å². The highest BCUT2D eigenvalue weighted by Gasteiger charge is 2.21. The lowest BCUT2D eigenvalue weighted by atomic mass is 10.2. The molecule has 1 aromatic rings. The number of rotatable bonds is 5. The quantitative estimate of drug-likeness (QED) is 0.794. The van der Waals surface area contributed by atoms with E-state index >= 15 is 0 Å². The molecule has 0 radical (unpaired) electrons. The zero-order valence-electron chi connectivity index (χ0n) is 9.57. The van der Waals surface area contributed by atoms with E-state index in [-0.39, 0.29) is 11.5 Å². The van der Waals surface area contributed by atoms with Crippen LogP contribution < -0.4 is 9.47 Å². The second kappa shape index (κ2) is 6.19. The van der Waals surface area contributed by atoms with E-state index in [1.807, 2.05) is 0 Å². The van der Waals surface area contributed by atoms with Crippen LogP contribution in [-0.4, -0.2) is 30.6 Å². The van der Waals surface area contributed by atoms with Crippen molar-refractivity contribution in [1.29, 1.82) is 0 Å². The van der Waals surface area contributed by atoms with Gasteiger partial charge in [0.2, 0.25) is 0 Å². The zero-order valence-corrected chi connectivity index (χ0v) is 12.7. The molecule has 0 aliphatic rings. The van der Waals surface area contributed by atoms with Gasteiger partial charge in [0.05, 0.1) is 11.6 Å². The molecule has 0 fully saturated rings. The molecule has 0 amide bonds. The van der Waals surface area contributed by atoms with Gasteiger partial charge in [0.1, 0.15) is 0 Å². The molecule has 1 atom stereocenters. The summed E-state index contributed by atoms with van der Waals surface area (Å²) in [7, 11) is 1.41. The van der Waals surface area contributed by atoms with Gasteiger partial charge in [-0.2, -0.15) is 0 Å². The predicted molar refractivity (Wildman–Crippen MR) is 71.5 cm³/mol. The van der Waals surface area contributed by atoms with Crippen molar-refractivity contribution in [2.45, 2.75) is 13.0 Å². The molecule has 0 bridgehead atoms. The molecule has 18 heavy (non-hydrogen) atoms. The van der Waals surface area contributed by atoms with Crippen LogP contribution >= 0.6 is 31.9 Å². The Balaban J connectivity index is 3.29. The van der Waals surface area contributed by atoms with Crippen molar-refractivity contribution in [3.63, 3.8) is 0 Å². The molecule has 98 valence electrons. The van der Waals surface area contributed by atoms with Crippen molar-refractivity contribution in [1.82, 2.24) is 0 Å². The van der Waals surface area contributed by atoms with Crippen molar-refractivity contribution >= 4 is 44.1 Å². The lowest BCUT2D eigenvalue weighted by molar-refractivity contribution is -0.144. The monoisotopic (exact) mass is 380 g/mol. The number of benzene rings is 1. The molecule has 0 aliphatic carbocycles. The van der Waals surface area contributed by atoms with Crippen LogP contribution in [-0.2, 0) is 4.79 Å². The standard InChI is InChI=1S/C11H10Br2O5/c1-5(11(15)16)18-10-7(17-2)3-6(4-14)8(12)9(10)13/h3-5H,1-2H3,(H,15,16). The molecule has 0 aromatic heterocycles. The molecule has 0 aliphatic heterocycles. The first-order chi connectivity index (χ1) is 8.42. The lowest BCUT2D eigenvalue weighted by Crippen LogP contribution is -2.23. The van der Waals surface area contributed by atoms with Crippen molar-refractivity contribution in [3.05, 3.63) is 20.6 Å². The summed E-state index contributed by atoms with van der Waals surface area (Å²) in [6, 6.07) is 1.46. The highest BCUT2D eigenvalue weighted by Crippen LogP contribution is 2.42. The summed E-state index contributed by atoms with van der Waals surface area (Å²) < 4.78 is 11.3. The van der Waals surface area contributed by atoms with Gasteiger partial charge in [0, 0.05) is 10.0 Å². The molecule has 0 spiro atoms. The maximum absolute atomic E-state index is 10.8. The first-order valence-corrected chi connectivity index (χ1v) is 6.41. The summed E-state index contributed by atoms with van der Waals surface area (Å²) in [5, 5.41) is 8.82. The molecule has 0 heterocycles. The molecule has 1 N–H and O–H groups in total. The minimum absolute atomic E-state index is 0.227. The third kappa shape index (κ3) is 3.02. The summed E-state index contributed by atoms with van der Waals surface area (Å²) in [5.74, 6) is -0.593. The van der Waals surface area contributed by atoms with Crippen LogP contribution in [0.25, 0.3) is 0 Å². The van der Waals surface area contributed by atoms with E-state index in [0.717, 1.165) is 0 Å². The largest absolute Gasteiger partial charge is 0.493 e. The average molecular weight is 382 g/mol. The second-order valence-electron chi connectivity index (χ2n) is 3.34. The van der Waals surface area contributed by atoms with Crippen molar-refractivity contribution in [3.8, 4) is 11.5 Å². The number of hydrogen-bond donors (Lipinski definition) is 1. The number of carbonyl (C=O) groups is 2. The number of hydrogen-bond acceptors (Lipinski definition) is 4. The maximum Gasteiger partial charge on any atom is 0.344 e. The molecule has 0 saturated heterocycles. The SMILES string of the molecule is COc1cc(C=O)c(Br)c(Br)c1OC(C)C(=O)O. The van der Waals surface area contributed by atoms with E-state index < -0.39 is 12.1 Å². The fraction of sp³-hybridized carbons (Fsp3) is 0.273. The summed E-state index contributed by atoms with van der Waals surface area (Å²) in [5.41, 5.74) is 0.369. The minimum Gasteiger partial charge on any atom is -0.493 e. The number of carboxylic acid groups (broad SMARTS) is 1. The van der Waals surface area contributed by atoms with E-state index in [1.54, 1.807) is 0 Å². The van der Waals surface area contributed by atoms with Crippen LogP contribution in [0.15, 0.2) is 15.0 Å². The number of carbonyl (C=O) groups excluding carboxylic acids is 1. The Morgan fingerprint density at radius 3 is 2.50 bits per heavy atom. The third-order valence-corrected chi connectivity index (χ3v) is 4.29. The second-order valence-corrected chi connectivity index (χ2v) is 4.93. The first-order valence-electron chi connectivity index (χ1n) is 4.83. The summed E-state index contributed by atoms with van der Waals surface area (Å²) >= 11 is 6.46. The molecule has 1 unspecified atom stereocenters. The van der Waals surface area contributed by atoms with E-state index in [4.69, 9.17) is 14.6 Å². The van der Waals surface area contributed by atoms with Gasteiger partial charge in [-0.25, -0.2) is 4.79 Å². The predicted octanol–water partition coefficient (Wildman–Crippen LogP) is 2.88. The fourth-order valence-electron chi connectivity index (χ4n) is 1.18. The summed E-state index contributed by atoms with van der Waals surface area (Å²) in [4.78, 5) is 21.6. The van der Waals surface area contributed by atoms with Crippen molar-refractivity contribution in [2.24, 2.45) is 0 Å². The Morgan fingerprint density at radius 1 is 1.44 bits per heavy atom. The van der Waals surface area contributed by atoms with Crippen molar-refractivity contribution < 1.29 is 24.2 Å². The van der Waals surface area contributed by atoms with Gasteiger partial charge in [0.25, 0.3) is 0 Å². The normalized spacial score (nSPS) is 11.8. The van der Waals surface area contributed by atoms with Gasteiger partial charge < -0.3 is 14.6 Å². The highest BCUT2D eigenvalue weighted by molar-refractivity contribution is 9.13. The molecular formula is C11H10Br2O5. The Hall–Kier alpha value is -1.08. The van der Waals surface area contributed by atoms with Crippen LogP contribution in [0.4, 0.5) is 0 Å². The summed E-state index contributed by atoms with van der Waals surface area (Å²) in [6.07, 6.45) is -0.383. The molecule has 1 aromatic carbocycles. The van der Waals surface area contributed by atoms with Gasteiger partial charge in [-0.05, 0) is 44.8 Å². The highest BCUT2D eigenvalue weighted by atomic mass is 79.9. The van der Waals surface area contributed by atoms with Gasteiger partial charge in [0.15, 0.2) is 23.9 Å². The number of ether oxygens (including phenoxy) is 2. The van der Waals surface area contributed by atoms with Crippen LogP contribution in [0.5, 0.6) is 11.5 Å². The van der Waals surface area contributed by atoms with Crippen LogP contribution in [0.2, 0.25) is 0 Å².